The van der Waals surface area contributed by atoms with E-state index in [-0.39, 0.29) is 47.6 Å². The van der Waals surface area contributed by atoms with Gasteiger partial charge < -0.3 is 20.7 Å². The zero-order valence-electron chi connectivity index (χ0n) is 16.1. The number of hydrogen-bond donors (Lipinski definition) is 3. The summed E-state index contributed by atoms with van der Waals surface area (Å²) in [4.78, 5) is 16.0. The zero-order valence-corrected chi connectivity index (χ0v) is 18.4. The van der Waals surface area contributed by atoms with Crippen molar-refractivity contribution in [2.75, 3.05) is 26.7 Å². The summed E-state index contributed by atoms with van der Waals surface area (Å²) in [6.07, 6.45) is 0. The van der Waals surface area contributed by atoms with E-state index in [0.29, 0.717) is 25.6 Å². The Kier molecular flexibility index (Phi) is 11.9. The number of aliphatic imine (C=N–C) groups is 1. The normalized spacial score (nSPS) is 12.2. The number of carbonyl (C=O) groups is 1. The molecular weight excluding hydrogens is 450 g/mol. The molecule has 0 bridgehead atoms. The maximum atomic E-state index is 13.8. The van der Waals surface area contributed by atoms with E-state index in [1.54, 1.807) is 6.07 Å². The molecule has 0 spiro atoms. The Morgan fingerprint density at radius 3 is 2.50 bits per heavy atom. The second-order valence-electron chi connectivity index (χ2n) is 5.97. The average molecular weight is 480 g/mol. The van der Waals surface area contributed by atoms with E-state index < -0.39 is 5.82 Å². The number of amides is 1. The lowest BCUT2D eigenvalue weighted by Crippen LogP contribution is -2.39. The fourth-order valence-corrected chi connectivity index (χ4v) is 2.11. The topological polar surface area (TPSA) is 74.8 Å². The molecule has 0 heterocycles. The van der Waals surface area contributed by atoms with Gasteiger partial charge in [0.25, 0.3) is 0 Å². The Balaban J connectivity index is 0.00000625. The molecule has 0 aromatic heterocycles. The van der Waals surface area contributed by atoms with E-state index in [1.165, 1.54) is 13.2 Å². The van der Waals surface area contributed by atoms with Crippen molar-refractivity contribution >= 4 is 35.8 Å². The van der Waals surface area contributed by atoms with Gasteiger partial charge in [-0.25, -0.2) is 4.39 Å². The van der Waals surface area contributed by atoms with Gasteiger partial charge in [-0.05, 0) is 31.5 Å². The summed E-state index contributed by atoms with van der Waals surface area (Å²) in [5.41, 5.74) is 0.789. The largest absolute Gasteiger partial charge is 0.494 e. The molecule has 1 aromatic rings. The first-order chi connectivity index (χ1) is 11.9. The highest BCUT2D eigenvalue weighted by atomic mass is 127. The van der Waals surface area contributed by atoms with Crippen molar-refractivity contribution in [1.82, 2.24) is 16.0 Å². The molecule has 1 unspecified atom stereocenters. The first-order valence-electron chi connectivity index (χ1n) is 8.55. The van der Waals surface area contributed by atoms with E-state index >= 15 is 0 Å². The number of benzene rings is 1. The second-order valence-corrected chi connectivity index (χ2v) is 5.97. The predicted octanol–water partition coefficient (Wildman–Crippen LogP) is 2.84. The van der Waals surface area contributed by atoms with Crippen LogP contribution in [0.4, 0.5) is 4.39 Å². The lowest BCUT2D eigenvalue weighted by molar-refractivity contribution is -0.123. The molecule has 1 atom stereocenters. The third-order valence-electron chi connectivity index (χ3n) is 3.58. The molecule has 0 radical (unpaired) electrons. The van der Waals surface area contributed by atoms with Gasteiger partial charge in [-0.15, -0.1) is 24.0 Å². The molecule has 0 aliphatic carbocycles. The zero-order chi connectivity index (χ0) is 18.8. The van der Waals surface area contributed by atoms with Crippen LogP contribution in [-0.2, 0) is 4.79 Å². The van der Waals surface area contributed by atoms with Gasteiger partial charge in [0.2, 0.25) is 5.91 Å². The number of guanidine groups is 1. The van der Waals surface area contributed by atoms with Crippen LogP contribution < -0.4 is 20.7 Å². The van der Waals surface area contributed by atoms with Crippen LogP contribution in [0.2, 0.25) is 0 Å². The molecule has 1 rings (SSSR count). The monoisotopic (exact) mass is 480 g/mol. The lowest BCUT2D eigenvalue weighted by Gasteiger charge is -2.19. The minimum absolute atomic E-state index is 0. The first kappa shape index (κ1) is 24.4. The summed E-state index contributed by atoms with van der Waals surface area (Å²) >= 11 is 0. The molecule has 148 valence electrons. The minimum Gasteiger partial charge on any atom is -0.494 e. The smallest absolute Gasteiger partial charge is 0.222 e. The van der Waals surface area contributed by atoms with E-state index in [2.05, 4.69) is 20.9 Å². The van der Waals surface area contributed by atoms with Crippen LogP contribution >= 0.6 is 24.0 Å². The fraction of sp³-hybridized carbons (Fsp3) is 0.556. The van der Waals surface area contributed by atoms with Gasteiger partial charge in [-0.1, -0.05) is 19.9 Å². The molecule has 26 heavy (non-hydrogen) atoms. The highest BCUT2D eigenvalue weighted by molar-refractivity contribution is 14.0. The van der Waals surface area contributed by atoms with Crippen molar-refractivity contribution in [2.24, 2.45) is 10.9 Å². The maximum absolute atomic E-state index is 13.8. The number of halogens is 2. The van der Waals surface area contributed by atoms with Gasteiger partial charge in [0, 0.05) is 19.0 Å². The van der Waals surface area contributed by atoms with Crippen LogP contribution in [-0.4, -0.2) is 38.6 Å². The van der Waals surface area contributed by atoms with E-state index in [0.717, 1.165) is 5.56 Å². The molecule has 0 saturated carbocycles. The number of carbonyl (C=O) groups excluding carboxylic acids is 1. The van der Waals surface area contributed by atoms with Gasteiger partial charge in [0.15, 0.2) is 17.5 Å². The Hall–Kier alpha value is -1.58. The van der Waals surface area contributed by atoms with Gasteiger partial charge >= 0.3 is 0 Å². The van der Waals surface area contributed by atoms with Crippen LogP contribution in [0.5, 0.6) is 5.75 Å². The van der Waals surface area contributed by atoms with Crippen LogP contribution in [0.3, 0.4) is 0 Å². The van der Waals surface area contributed by atoms with Crippen molar-refractivity contribution in [2.45, 2.75) is 33.7 Å². The SMILES string of the molecule is CCNC(=NCCNC(=O)C(C)C)NC(C)c1ccc(OC)c(F)c1.I. The molecular formula is C18H30FIN4O2. The van der Waals surface area contributed by atoms with Gasteiger partial charge in [0.1, 0.15) is 0 Å². The first-order valence-corrected chi connectivity index (χ1v) is 8.55. The highest BCUT2D eigenvalue weighted by Crippen LogP contribution is 2.21. The Bertz CT molecular complexity index is 597. The Morgan fingerprint density at radius 1 is 1.27 bits per heavy atom. The Labute approximate surface area is 172 Å². The van der Waals surface area contributed by atoms with Crippen LogP contribution in [0.25, 0.3) is 0 Å². The summed E-state index contributed by atoms with van der Waals surface area (Å²) in [5.74, 6) is 0.407. The minimum atomic E-state index is -0.396. The number of rotatable bonds is 8. The van der Waals surface area contributed by atoms with Crippen molar-refractivity contribution in [1.29, 1.82) is 0 Å². The van der Waals surface area contributed by atoms with Crippen LogP contribution in [0.15, 0.2) is 23.2 Å². The molecule has 0 fully saturated rings. The number of methoxy groups -OCH3 is 1. The molecule has 1 amide bonds. The molecule has 1 aromatic carbocycles. The van der Waals surface area contributed by atoms with Gasteiger partial charge in [-0.2, -0.15) is 0 Å². The van der Waals surface area contributed by atoms with E-state index in [4.69, 9.17) is 4.74 Å². The third kappa shape index (κ3) is 8.20. The second kappa shape index (κ2) is 12.7. The van der Waals surface area contributed by atoms with Crippen LogP contribution in [0, 0.1) is 11.7 Å². The standard InChI is InChI=1S/C18H29FN4O2.HI/c1-6-20-18(22-10-9-21-17(24)12(2)3)23-13(4)14-7-8-16(25-5)15(19)11-14;/h7-8,11-13H,6,9-10H2,1-5H3,(H,21,24)(H2,20,22,23);1H. The number of nitrogens with one attached hydrogen (secondary N) is 3. The van der Waals surface area contributed by atoms with Crippen molar-refractivity contribution in [3.8, 4) is 5.75 Å². The summed E-state index contributed by atoms with van der Waals surface area (Å²) < 4.78 is 18.8. The van der Waals surface area contributed by atoms with Gasteiger partial charge in [-0.3, -0.25) is 9.79 Å². The predicted molar refractivity (Wildman–Crippen MR) is 114 cm³/mol. The van der Waals surface area contributed by atoms with Crippen molar-refractivity contribution in [3.05, 3.63) is 29.6 Å². The third-order valence-corrected chi connectivity index (χ3v) is 3.58. The summed E-state index contributed by atoms with van der Waals surface area (Å²) in [6, 6.07) is 4.73. The molecule has 3 N–H and O–H groups in total. The van der Waals surface area contributed by atoms with Crippen molar-refractivity contribution < 1.29 is 13.9 Å². The van der Waals surface area contributed by atoms with Crippen LogP contribution in [0.1, 0.15) is 39.3 Å². The summed E-state index contributed by atoms with van der Waals surface area (Å²) in [5, 5.41) is 9.19. The fourth-order valence-electron chi connectivity index (χ4n) is 2.11. The Morgan fingerprint density at radius 2 is 1.96 bits per heavy atom. The summed E-state index contributed by atoms with van der Waals surface area (Å²) in [7, 11) is 1.44. The maximum Gasteiger partial charge on any atom is 0.222 e. The number of ether oxygens (including phenoxy) is 1. The lowest BCUT2D eigenvalue weighted by atomic mass is 10.1. The number of nitrogens with zero attached hydrogens (tertiary/aromatic N) is 1. The molecule has 0 aliphatic heterocycles. The quantitative estimate of drug-likeness (QED) is 0.232. The molecule has 0 saturated heterocycles. The molecule has 8 heteroatoms. The number of hydrogen-bond acceptors (Lipinski definition) is 3. The van der Waals surface area contributed by atoms with Gasteiger partial charge in [0.05, 0.1) is 19.7 Å². The summed E-state index contributed by atoms with van der Waals surface area (Å²) in [6.45, 7) is 9.22. The average Bonchev–Trinajstić information content (AvgIpc) is 2.58. The highest BCUT2D eigenvalue weighted by Gasteiger charge is 2.11. The van der Waals surface area contributed by atoms with Crippen molar-refractivity contribution in [3.63, 3.8) is 0 Å². The van der Waals surface area contributed by atoms with E-state index in [1.807, 2.05) is 33.8 Å². The molecule has 6 nitrogen and oxygen atoms in total. The van der Waals surface area contributed by atoms with E-state index in [9.17, 15) is 9.18 Å². The molecule has 0 aliphatic rings.